The molecule has 1 aromatic carbocycles. The number of benzene rings is 1. The van der Waals surface area contributed by atoms with Crippen molar-refractivity contribution in [1.82, 2.24) is 9.55 Å². The van der Waals surface area contributed by atoms with Crippen LogP contribution in [0.3, 0.4) is 0 Å². The summed E-state index contributed by atoms with van der Waals surface area (Å²) < 4.78 is 38.6. The Kier molecular flexibility index (Phi) is 3.72. The molecule has 0 saturated heterocycles. The number of nitrogens with zero attached hydrogens (tertiary/aromatic N) is 3. The highest BCUT2D eigenvalue weighted by Crippen LogP contribution is 2.23. The molecule has 1 aliphatic heterocycles. The maximum atomic E-state index is 13.5. The van der Waals surface area contributed by atoms with Gasteiger partial charge in [-0.05, 0) is 11.0 Å². The first kappa shape index (κ1) is 14.4. The quantitative estimate of drug-likeness (QED) is 0.638. The van der Waals surface area contributed by atoms with Crippen molar-refractivity contribution in [2.45, 2.75) is 19.3 Å². The SMILES string of the molecule is O=[N+]([O-])c1cn2c(n1)OC[C@@H](OCc1ccc(F)cc1F)C2. The molecule has 0 unspecified atom stereocenters. The van der Waals surface area contributed by atoms with Gasteiger partial charge < -0.3 is 19.6 Å². The molecular formula is C13H11F2N3O4. The standard InChI is InChI=1S/C13H11F2N3O4/c14-9-2-1-8(11(15)3-9)6-21-10-4-17-5-12(18(19)20)16-13(17)22-7-10/h1-3,5,10H,4,6-7H2/t10-/m0/s1. The first-order chi connectivity index (χ1) is 10.5. The van der Waals surface area contributed by atoms with E-state index in [0.717, 1.165) is 12.1 Å². The fourth-order valence-electron chi connectivity index (χ4n) is 2.11. The second kappa shape index (κ2) is 5.68. The van der Waals surface area contributed by atoms with Gasteiger partial charge in [0.1, 0.15) is 30.5 Å². The van der Waals surface area contributed by atoms with E-state index in [2.05, 4.69) is 4.98 Å². The van der Waals surface area contributed by atoms with Crippen molar-refractivity contribution in [3.8, 4) is 6.01 Å². The zero-order valence-electron chi connectivity index (χ0n) is 11.2. The molecule has 0 fully saturated rings. The number of nitro groups is 1. The molecule has 0 bridgehead atoms. The number of aromatic nitrogens is 2. The van der Waals surface area contributed by atoms with Crippen LogP contribution in [0.1, 0.15) is 5.56 Å². The monoisotopic (exact) mass is 311 g/mol. The Morgan fingerprint density at radius 3 is 3.05 bits per heavy atom. The van der Waals surface area contributed by atoms with Crippen molar-refractivity contribution in [2.75, 3.05) is 6.61 Å². The predicted octanol–water partition coefficient (Wildman–Crippen LogP) is 2.05. The largest absolute Gasteiger partial charge is 0.443 e. The molecule has 0 saturated carbocycles. The van der Waals surface area contributed by atoms with Gasteiger partial charge in [0.2, 0.25) is 0 Å². The Labute approximate surface area is 123 Å². The fourth-order valence-corrected chi connectivity index (χ4v) is 2.11. The molecule has 2 heterocycles. The molecule has 3 rings (SSSR count). The average molecular weight is 311 g/mol. The van der Waals surface area contributed by atoms with Gasteiger partial charge in [-0.1, -0.05) is 6.07 Å². The van der Waals surface area contributed by atoms with Gasteiger partial charge in [0, 0.05) is 16.6 Å². The van der Waals surface area contributed by atoms with Crippen LogP contribution < -0.4 is 4.74 Å². The first-order valence-electron chi connectivity index (χ1n) is 6.43. The van der Waals surface area contributed by atoms with E-state index in [-0.39, 0.29) is 30.6 Å². The number of ether oxygens (including phenoxy) is 2. The Hall–Kier alpha value is -2.55. The van der Waals surface area contributed by atoms with E-state index in [1.54, 1.807) is 0 Å². The average Bonchev–Trinajstić information content (AvgIpc) is 2.89. The van der Waals surface area contributed by atoms with Gasteiger partial charge in [-0.15, -0.1) is 0 Å². The molecule has 116 valence electrons. The van der Waals surface area contributed by atoms with Crippen molar-refractivity contribution in [3.05, 3.63) is 51.7 Å². The number of hydrogen-bond donors (Lipinski definition) is 0. The molecule has 0 amide bonds. The highest BCUT2D eigenvalue weighted by molar-refractivity contribution is 5.21. The summed E-state index contributed by atoms with van der Waals surface area (Å²) in [6.45, 7) is 0.405. The maximum absolute atomic E-state index is 13.5. The third-order valence-electron chi connectivity index (χ3n) is 3.20. The zero-order chi connectivity index (χ0) is 15.7. The van der Waals surface area contributed by atoms with Crippen LogP contribution in [-0.4, -0.2) is 27.2 Å². The molecule has 1 atom stereocenters. The lowest BCUT2D eigenvalue weighted by molar-refractivity contribution is -0.389. The second-order valence-corrected chi connectivity index (χ2v) is 4.77. The van der Waals surface area contributed by atoms with Gasteiger partial charge in [0.25, 0.3) is 0 Å². The Balaban J connectivity index is 1.64. The molecule has 2 aromatic rings. The summed E-state index contributed by atoms with van der Waals surface area (Å²) in [6, 6.07) is 3.39. The lowest BCUT2D eigenvalue weighted by atomic mass is 10.2. The molecule has 0 N–H and O–H groups in total. The highest BCUT2D eigenvalue weighted by Gasteiger charge is 2.28. The molecule has 1 aliphatic rings. The maximum Gasteiger partial charge on any atom is 0.414 e. The number of imidazole rings is 1. The minimum atomic E-state index is -0.685. The Bertz CT molecular complexity index is 719. The van der Waals surface area contributed by atoms with Gasteiger partial charge in [-0.3, -0.25) is 4.57 Å². The van der Waals surface area contributed by atoms with E-state index in [1.165, 1.54) is 16.8 Å². The van der Waals surface area contributed by atoms with Gasteiger partial charge in [0.15, 0.2) is 0 Å². The minimum Gasteiger partial charge on any atom is -0.443 e. The number of hydrogen-bond acceptors (Lipinski definition) is 5. The van der Waals surface area contributed by atoms with E-state index >= 15 is 0 Å². The van der Waals surface area contributed by atoms with E-state index in [4.69, 9.17) is 9.47 Å². The van der Waals surface area contributed by atoms with E-state index in [9.17, 15) is 18.9 Å². The van der Waals surface area contributed by atoms with E-state index in [1.807, 2.05) is 0 Å². The molecule has 9 heteroatoms. The van der Waals surface area contributed by atoms with Crippen molar-refractivity contribution in [1.29, 1.82) is 0 Å². The van der Waals surface area contributed by atoms with Crippen LogP contribution in [0, 0.1) is 21.7 Å². The van der Waals surface area contributed by atoms with Crippen molar-refractivity contribution >= 4 is 5.82 Å². The summed E-state index contributed by atoms with van der Waals surface area (Å²) >= 11 is 0. The predicted molar refractivity (Wildman–Crippen MR) is 69.3 cm³/mol. The zero-order valence-corrected chi connectivity index (χ0v) is 11.2. The van der Waals surface area contributed by atoms with Crippen LogP contribution in [0.15, 0.2) is 24.4 Å². The van der Waals surface area contributed by atoms with E-state index in [0.29, 0.717) is 6.54 Å². The lowest BCUT2D eigenvalue weighted by Gasteiger charge is -2.22. The summed E-state index contributed by atoms with van der Waals surface area (Å²) in [5.74, 6) is -1.64. The molecule has 22 heavy (non-hydrogen) atoms. The van der Waals surface area contributed by atoms with Crippen LogP contribution in [0.4, 0.5) is 14.6 Å². The summed E-state index contributed by atoms with van der Waals surface area (Å²) in [5, 5.41) is 10.6. The second-order valence-electron chi connectivity index (χ2n) is 4.77. The Morgan fingerprint density at radius 1 is 1.50 bits per heavy atom. The fraction of sp³-hybridized carbons (Fsp3) is 0.308. The van der Waals surface area contributed by atoms with Crippen molar-refractivity contribution in [3.63, 3.8) is 0 Å². The molecule has 0 aliphatic carbocycles. The van der Waals surface area contributed by atoms with Gasteiger partial charge in [0.05, 0.1) is 13.2 Å². The molecule has 7 nitrogen and oxygen atoms in total. The lowest BCUT2D eigenvalue weighted by Crippen LogP contribution is -2.32. The minimum absolute atomic E-state index is 0.0493. The summed E-state index contributed by atoms with van der Waals surface area (Å²) in [6.07, 6.45) is 0.842. The highest BCUT2D eigenvalue weighted by atomic mass is 19.1. The summed E-state index contributed by atoms with van der Waals surface area (Å²) in [5.41, 5.74) is 0.226. The van der Waals surface area contributed by atoms with Gasteiger partial charge >= 0.3 is 11.8 Å². The topological polar surface area (TPSA) is 79.4 Å². The van der Waals surface area contributed by atoms with Crippen LogP contribution in [-0.2, 0) is 17.9 Å². The van der Waals surface area contributed by atoms with Crippen molar-refractivity contribution in [2.24, 2.45) is 0 Å². The Morgan fingerprint density at radius 2 is 2.32 bits per heavy atom. The number of halogens is 2. The van der Waals surface area contributed by atoms with Crippen LogP contribution in [0.5, 0.6) is 6.01 Å². The summed E-state index contributed by atoms with van der Waals surface area (Å²) in [7, 11) is 0. The molecule has 1 aromatic heterocycles. The normalized spacial score (nSPS) is 16.9. The van der Waals surface area contributed by atoms with E-state index < -0.39 is 22.7 Å². The molecule has 0 spiro atoms. The van der Waals surface area contributed by atoms with Gasteiger partial charge in [-0.2, -0.15) is 0 Å². The van der Waals surface area contributed by atoms with Crippen molar-refractivity contribution < 1.29 is 23.2 Å². The third kappa shape index (κ3) is 2.89. The molecule has 0 radical (unpaired) electrons. The summed E-state index contributed by atoms with van der Waals surface area (Å²) in [4.78, 5) is 13.7. The number of rotatable bonds is 4. The first-order valence-corrected chi connectivity index (χ1v) is 6.43. The smallest absolute Gasteiger partial charge is 0.414 e. The molecular weight excluding hydrogens is 300 g/mol. The van der Waals surface area contributed by atoms with Gasteiger partial charge in [-0.25, -0.2) is 8.78 Å². The van der Waals surface area contributed by atoms with Crippen LogP contribution >= 0.6 is 0 Å². The number of fused-ring (bicyclic) bond motifs is 1. The van der Waals surface area contributed by atoms with Crippen LogP contribution in [0.25, 0.3) is 0 Å². The van der Waals surface area contributed by atoms with Crippen LogP contribution in [0.2, 0.25) is 0 Å². The third-order valence-corrected chi connectivity index (χ3v) is 3.20.